The minimum atomic E-state index is -0.552. The summed E-state index contributed by atoms with van der Waals surface area (Å²) < 4.78 is 28.7. The number of anilines is 1. The van der Waals surface area contributed by atoms with Crippen molar-refractivity contribution in [3.63, 3.8) is 0 Å². The molecule has 34 heavy (non-hydrogen) atoms. The fraction of sp³-hybridized carbons (Fsp3) is 0.292. The Hall–Kier alpha value is -3.95. The maximum atomic E-state index is 15.2. The summed E-state index contributed by atoms with van der Waals surface area (Å²) >= 11 is 0. The van der Waals surface area contributed by atoms with E-state index in [0.717, 1.165) is 13.0 Å². The van der Waals surface area contributed by atoms with Crippen molar-refractivity contribution in [1.29, 1.82) is 0 Å². The largest absolute Gasteiger partial charge is 0.353 e. The fourth-order valence-electron chi connectivity index (χ4n) is 4.89. The van der Waals surface area contributed by atoms with E-state index in [1.54, 1.807) is 36.2 Å². The van der Waals surface area contributed by atoms with Gasteiger partial charge in [0.2, 0.25) is 0 Å². The second-order valence-corrected chi connectivity index (χ2v) is 8.79. The van der Waals surface area contributed by atoms with Gasteiger partial charge in [-0.1, -0.05) is 6.07 Å². The second kappa shape index (κ2) is 7.82. The first-order valence-corrected chi connectivity index (χ1v) is 11.1. The van der Waals surface area contributed by atoms with Gasteiger partial charge in [-0.15, -0.1) is 0 Å². The van der Waals surface area contributed by atoms with Crippen LogP contribution in [0.3, 0.4) is 0 Å². The Bertz CT molecular complexity index is 1410. The first kappa shape index (κ1) is 20.6. The van der Waals surface area contributed by atoms with Gasteiger partial charge < -0.3 is 9.80 Å². The number of piperidine rings is 1. The highest BCUT2D eigenvalue weighted by atomic mass is 19.1. The van der Waals surface area contributed by atoms with E-state index in [0.29, 0.717) is 47.1 Å². The van der Waals surface area contributed by atoms with E-state index >= 15 is 4.39 Å². The van der Waals surface area contributed by atoms with Gasteiger partial charge in [0.1, 0.15) is 28.7 Å². The number of rotatable bonds is 3. The van der Waals surface area contributed by atoms with Crippen molar-refractivity contribution in [2.75, 3.05) is 24.5 Å². The average Bonchev–Trinajstić information content (AvgIpc) is 3.36. The predicted octanol–water partition coefficient (Wildman–Crippen LogP) is 3.15. The number of nitrogens with zero attached hydrogens (tertiary/aromatic N) is 7. The summed E-state index contributed by atoms with van der Waals surface area (Å²) in [7, 11) is 0. The number of aryl methyl sites for hydroxylation is 1. The van der Waals surface area contributed by atoms with E-state index in [4.69, 9.17) is 0 Å². The van der Waals surface area contributed by atoms with Crippen LogP contribution in [0.5, 0.6) is 0 Å². The van der Waals surface area contributed by atoms with Gasteiger partial charge in [-0.2, -0.15) is 15.0 Å². The molecule has 0 saturated carbocycles. The molecule has 172 valence electrons. The molecule has 0 unspecified atom stereocenters. The molecule has 8 nitrogen and oxygen atoms in total. The molecule has 0 bridgehead atoms. The number of amides is 1. The van der Waals surface area contributed by atoms with Crippen molar-refractivity contribution >= 4 is 22.8 Å². The summed E-state index contributed by atoms with van der Waals surface area (Å²) in [5.41, 5.74) is 1.81. The monoisotopic (exact) mass is 461 g/mol. The van der Waals surface area contributed by atoms with Gasteiger partial charge in [-0.25, -0.2) is 13.8 Å². The third kappa shape index (κ3) is 3.28. The molecule has 2 saturated heterocycles. The van der Waals surface area contributed by atoms with Crippen molar-refractivity contribution in [2.24, 2.45) is 5.92 Å². The molecule has 0 N–H and O–H groups in total. The number of aromatic nitrogens is 5. The predicted molar refractivity (Wildman–Crippen MR) is 121 cm³/mol. The van der Waals surface area contributed by atoms with Crippen molar-refractivity contribution in [1.82, 2.24) is 29.9 Å². The highest BCUT2D eigenvalue weighted by Gasteiger charge is 2.46. The smallest absolute Gasteiger partial charge is 0.259 e. The summed E-state index contributed by atoms with van der Waals surface area (Å²) in [6.07, 6.45) is 5.50. The van der Waals surface area contributed by atoms with E-state index in [9.17, 15) is 9.18 Å². The Labute approximate surface area is 193 Å². The third-order valence-electron chi connectivity index (χ3n) is 6.79. The standard InChI is InChI=1S/C24H21F2N7O/c1-14-2-5-19(33-28-7-8-29-33)22(23(14)26)24(34)32-12-15-6-9-31(13-20(15)32)21-11-27-18-10-16(25)3-4-17(18)30-21/h2-5,7-8,10-11,15,20H,6,9,12-13H2,1H3/t15-,20+/m0/s1. The maximum Gasteiger partial charge on any atom is 0.259 e. The van der Waals surface area contributed by atoms with Crippen LogP contribution in [0.25, 0.3) is 16.7 Å². The second-order valence-electron chi connectivity index (χ2n) is 8.79. The lowest BCUT2D eigenvalue weighted by Crippen LogP contribution is -2.66. The molecule has 1 amide bonds. The SMILES string of the molecule is Cc1ccc(-n2nccn2)c(C(=O)N2C[C@@H]3CCN(c4cnc5cc(F)ccc5n4)C[C@H]32)c1F. The molecule has 4 heterocycles. The Kier molecular flexibility index (Phi) is 4.75. The van der Waals surface area contributed by atoms with Gasteiger partial charge in [0.25, 0.3) is 5.91 Å². The lowest BCUT2D eigenvalue weighted by molar-refractivity contribution is 0.00739. The summed E-state index contributed by atoms with van der Waals surface area (Å²) in [6, 6.07) is 7.55. The molecular formula is C24H21F2N7O. The maximum absolute atomic E-state index is 15.2. The molecule has 0 aliphatic carbocycles. The molecule has 2 fully saturated rings. The summed E-state index contributed by atoms with van der Waals surface area (Å²) in [6.45, 7) is 3.57. The van der Waals surface area contributed by atoms with Gasteiger partial charge >= 0.3 is 0 Å². The molecule has 0 spiro atoms. The molecule has 2 aromatic heterocycles. The molecule has 4 aromatic rings. The van der Waals surface area contributed by atoms with Gasteiger partial charge in [0.05, 0.1) is 35.7 Å². The quantitative estimate of drug-likeness (QED) is 0.466. The highest BCUT2D eigenvalue weighted by molar-refractivity contribution is 5.99. The molecule has 2 atom stereocenters. The van der Waals surface area contributed by atoms with Crippen LogP contribution in [0.2, 0.25) is 0 Å². The zero-order chi connectivity index (χ0) is 23.4. The molecule has 2 aromatic carbocycles. The van der Waals surface area contributed by atoms with E-state index in [1.165, 1.54) is 29.3 Å². The number of hydrogen-bond donors (Lipinski definition) is 0. The van der Waals surface area contributed by atoms with Crippen molar-refractivity contribution in [2.45, 2.75) is 19.4 Å². The van der Waals surface area contributed by atoms with E-state index in [2.05, 4.69) is 25.1 Å². The number of hydrogen-bond acceptors (Lipinski definition) is 6. The van der Waals surface area contributed by atoms with Crippen LogP contribution < -0.4 is 4.90 Å². The first-order chi connectivity index (χ1) is 16.5. The highest BCUT2D eigenvalue weighted by Crippen LogP contribution is 2.36. The van der Waals surface area contributed by atoms with Crippen LogP contribution in [0.15, 0.2) is 48.9 Å². The number of carbonyl (C=O) groups is 1. The number of halogens is 2. The lowest BCUT2D eigenvalue weighted by atomic mass is 9.81. The molecular weight excluding hydrogens is 440 g/mol. The van der Waals surface area contributed by atoms with Crippen LogP contribution in [0.4, 0.5) is 14.6 Å². The number of likely N-dealkylation sites (tertiary alicyclic amines) is 1. The van der Waals surface area contributed by atoms with Gasteiger partial charge in [-0.05, 0) is 37.1 Å². The van der Waals surface area contributed by atoms with E-state index in [1.807, 2.05) is 0 Å². The molecule has 2 aliphatic heterocycles. The lowest BCUT2D eigenvalue weighted by Gasteiger charge is -2.53. The molecule has 6 rings (SSSR count). The number of fused-ring (bicyclic) bond motifs is 2. The van der Waals surface area contributed by atoms with Crippen molar-refractivity contribution < 1.29 is 13.6 Å². The Morgan fingerprint density at radius 1 is 1.06 bits per heavy atom. The summed E-state index contributed by atoms with van der Waals surface area (Å²) in [4.78, 5) is 27.6. The average molecular weight is 461 g/mol. The van der Waals surface area contributed by atoms with Crippen LogP contribution in [0, 0.1) is 24.5 Å². The fourth-order valence-corrected chi connectivity index (χ4v) is 4.89. The van der Waals surface area contributed by atoms with E-state index in [-0.39, 0.29) is 23.3 Å². The number of benzene rings is 2. The van der Waals surface area contributed by atoms with Gasteiger partial charge in [-0.3, -0.25) is 9.78 Å². The van der Waals surface area contributed by atoms with Crippen LogP contribution >= 0.6 is 0 Å². The normalized spacial score (nSPS) is 19.7. The van der Waals surface area contributed by atoms with Crippen LogP contribution in [-0.4, -0.2) is 61.4 Å². The minimum Gasteiger partial charge on any atom is -0.353 e. The Morgan fingerprint density at radius 2 is 1.88 bits per heavy atom. The zero-order valence-electron chi connectivity index (χ0n) is 18.4. The summed E-state index contributed by atoms with van der Waals surface area (Å²) in [5, 5.41) is 8.18. The topological polar surface area (TPSA) is 80.0 Å². The first-order valence-electron chi connectivity index (χ1n) is 11.1. The summed E-state index contributed by atoms with van der Waals surface area (Å²) in [5.74, 6) is -0.242. The Morgan fingerprint density at radius 3 is 2.71 bits per heavy atom. The third-order valence-corrected chi connectivity index (χ3v) is 6.79. The zero-order valence-corrected chi connectivity index (χ0v) is 18.4. The van der Waals surface area contributed by atoms with Crippen molar-refractivity contribution in [3.8, 4) is 5.69 Å². The minimum absolute atomic E-state index is 0.0145. The number of carbonyl (C=O) groups excluding carboxylic acids is 1. The van der Waals surface area contributed by atoms with Gasteiger partial charge in [0.15, 0.2) is 0 Å². The van der Waals surface area contributed by atoms with Crippen molar-refractivity contribution in [3.05, 3.63) is 71.7 Å². The van der Waals surface area contributed by atoms with Gasteiger partial charge in [0, 0.05) is 31.6 Å². The van der Waals surface area contributed by atoms with Crippen LogP contribution in [-0.2, 0) is 0 Å². The van der Waals surface area contributed by atoms with E-state index < -0.39 is 5.82 Å². The van der Waals surface area contributed by atoms with Crippen LogP contribution in [0.1, 0.15) is 22.3 Å². The Balaban J connectivity index is 1.28. The molecule has 10 heteroatoms. The molecule has 0 radical (unpaired) electrons. The molecule has 2 aliphatic rings.